The minimum Gasteiger partial charge on any atom is -0.438 e. The van der Waals surface area contributed by atoms with Crippen molar-refractivity contribution in [3.8, 4) is 0 Å². The lowest BCUT2D eigenvalue weighted by molar-refractivity contribution is -0.163. The van der Waals surface area contributed by atoms with Crippen molar-refractivity contribution in [3.63, 3.8) is 0 Å². The zero-order valence-electron chi connectivity index (χ0n) is 41.2. The lowest BCUT2D eigenvalue weighted by Crippen LogP contribution is -2.56. The molecule has 1 fully saturated rings. The summed E-state index contributed by atoms with van der Waals surface area (Å²) in [5.74, 6) is -4.04. The van der Waals surface area contributed by atoms with Gasteiger partial charge in [-0.25, -0.2) is 0 Å². The third-order valence-corrected chi connectivity index (χ3v) is 13.4. The predicted octanol–water partition coefficient (Wildman–Crippen LogP) is 7.97. The first kappa shape index (κ1) is 57.3. The van der Waals surface area contributed by atoms with Crippen LogP contribution < -0.4 is 16.4 Å². The molecule has 0 aliphatic carbocycles. The first-order valence-corrected chi connectivity index (χ1v) is 24.4. The average Bonchev–Trinajstić information content (AvgIpc) is 3.57. The summed E-state index contributed by atoms with van der Waals surface area (Å²) < 4.78 is 71.9. The van der Waals surface area contributed by atoms with E-state index in [9.17, 15) is 33.3 Å². The number of unbranched alkanes of at least 4 members (excludes halogenated alkanes) is 1. The second-order valence-corrected chi connectivity index (χ2v) is 21.5. The molecule has 0 aromatic heterocycles. The third-order valence-electron chi connectivity index (χ3n) is 11.6. The number of rotatable bonds is 24. The van der Waals surface area contributed by atoms with E-state index in [0.29, 0.717) is 24.0 Å². The highest BCUT2D eigenvalue weighted by molar-refractivity contribution is 7.54. The van der Waals surface area contributed by atoms with E-state index in [-0.39, 0.29) is 44.2 Å². The van der Waals surface area contributed by atoms with Gasteiger partial charge in [0.05, 0.1) is 29.6 Å². The molecule has 2 aromatic rings. The first-order valence-electron chi connectivity index (χ1n) is 22.9. The number of carbonyl (C=O) groups is 6. The van der Waals surface area contributed by atoms with Gasteiger partial charge in [0.15, 0.2) is 0 Å². The van der Waals surface area contributed by atoms with Crippen molar-refractivity contribution in [1.29, 1.82) is 0 Å². The Labute approximate surface area is 399 Å². The fourth-order valence-corrected chi connectivity index (χ4v) is 8.33. The summed E-state index contributed by atoms with van der Waals surface area (Å²) in [5, 5.41) is 5.84. The number of nitrogens with one attached hydrogen (secondary N) is 2. The number of alkyl halides is 2. The van der Waals surface area contributed by atoms with E-state index in [4.69, 9.17) is 29.0 Å². The Morgan fingerprint density at radius 2 is 1.43 bits per heavy atom. The minimum atomic E-state index is -5.57. The van der Waals surface area contributed by atoms with Crippen LogP contribution in [-0.4, -0.2) is 84.8 Å². The summed E-state index contributed by atoms with van der Waals surface area (Å²) >= 11 is 0. The van der Waals surface area contributed by atoms with E-state index in [2.05, 4.69) is 10.6 Å². The summed E-state index contributed by atoms with van der Waals surface area (Å²) in [6, 6.07) is 11.4. The Kier molecular flexibility index (Phi) is 21.1. The zero-order chi connectivity index (χ0) is 51.2. The van der Waals surface area contributed by atoms with Gasteiger partial charge in [-0.3, -0.25) is 42.4 Å². The van der Waals surface area contributed by atoms with Crippen LogP contribution in [-0.2, 0) is 68.9 Å². The van der Waals surface area contributed by atoms with Crippen LogP contribution >= 0.6 is 7.60 Å². The molecular weight excluding hydrogens is 906 g/mol. The van der Waals surface area contributed by atoms with Crippen molar-refractivity contribution in [3.05, 3.63) is 77.4 Å². The monoisotopic (exact) mass is 976 g/mol. The molecule has 378 valence electrons. The molecular formula is C49H71F2N4O12P. The fourth-order valence-electron chi connectivity index (χ4n) is 7.08. The number of halogens is 2. The molecule has 19 heteroatoms. The molecule has 1 saturated heterocycles. The van der Waals surface area contributed by atoms with E-state index in [1.54, 1.807) is 13.8 Å². The van der Waals surface area contributed by atoms with Crippen LogP contribution in [0.15, 0.2) is 60.7 Å². The second kappa shape index (κ2) is 25.0. The molecule has 16 nitrogen and oxygen atoms in total. The number of nitrogens with zero attached hydrogens (tertiary/aromatic N) is 1. The number of nitrogens with two attached hydrogens (primary N) is 1. The molecule has 0 saturated carbocycles. The highest BCUT2D eigenvalue weighted by Crippen LogP contribution is 2.67. The Morgan fingerprint density at radius 1 is 0.868 bits per heavy atom. The second-order valence-electron chi connectivity index (χ2n) is 19.4. The van der Waals surface area contributed by atoms with Crippen molar-refractivity contribution in [1.82, 2.24) is 15.5 Å². The molecule has 68 heavy (non-hydrogen) atoms. The Bertz CT molecular complexity index is 2090. The smallest absolute Gasteiger partial charge is 0.410 e. The Morgan fingerprint density at radius 3 is 1.94 bits per heavy atom. The van der Waals surface area contributed by atoms with Crippen LogP contribution in [0.25, 0.3) is 5.57 Å². The molecule has 0 spiro atoms. The number of esters is 2. The highest BCUT2D eigenvalue weighted by Gasteiger charge is 2.56. The van der Waals surface area contributed by atoms with Gasteiger partial charge >= 0.3 is 25.2 Å². The maximum absolute atomic E-state index is 16.1. The van der Waals surface area contributed by atoms with Gasteiger partial charge in [-0.05, 0) is 96.8 Å². The van der Waals surface area contributed by atoms with Gasteiger partial charge in [0.1, 0.15) is 12.1 Å². The molecule has 6 atom stereocenters. The Balaban J connectivity index is 1.82. The maximum Gasteiger partial charge on any atom is 0.410 e. The number of allylic oxidation sites excluding steroid dienone is 1. The largest absolute Gasteiger partial charge is 0.438 e. The molecule has 1 heterocycles. The standard InChI is InChI=1S/C49H71F2N4O12P/c1-12-13-19-39(44(59)55-27-32(3)33(4)42(55)43(58)54-38(24-25-40(52)56)34(5)63-28-35-17-15-14-16-18-35)53-41(57)26-31(2)36-20-22-37(23-21-36)49(50,51)68(62,66-29-64-45(60)47(6,7)8)67-30-65-46(61)48(9,10)11/h14-18,20-23,26,32-34,38-39,42H,12-13,19,24-25,27-30H2,1-11H3,(H2,52,56)(H,53,57)(H,54,58)/b31-26+/t32?,33?,34-,38?,39+,42?/m1/s1. The van der Waals surface area contributed by atoms with Gasteiger partial charge in [-0.2, -0.15) is 8.78 Å². The summed E-state index contributed by atoms with van der Waals surface area (Å²) in [6.45, 7) is 16.4. The van der Waals surface area contributed by atoms with Crippen LogP contribution in [0.2, 0.25) is 0 Å². The Hall–Kier alpha value is -5.03. The molecule has 0 bridgehead atoms. The number of amides is 4. The fraction of sp³-hybridized carbons (Fsp3) is 0.592. The van der Waals surface area contributed by atoms with Gasteiger partial charge in [0.25, 0.3) is 0 Å². The van der Waals surface area contributed by atoms with Crippen molar-refractivity contribution in [2.75, 3.05) is 20.1 Å². The molecule has 3 rings (SSSR count). The topological polar surface area (TPSA) is 219 Å². The van der Waals surface area contributed by atoms with E-state index in [0.717, 1.165) is 17.7 Å². The third kappa shape index (κ3) is 16.3. The summed E-state index contributed by atoms with van der Waals surface area (Å²) in [4.78, 5) is 80.1. The van der Waals surface area contributed by atoms with Crippen molar-refractivity contribution < 1.29 is 65.4 Å². The summed E-state index contributed by atoms with van der Waals surface area (Å²) in [6.07, 6.45) is 2.46. The number of hydrogen-bond donors (Lipinski definition) is 3. The van der Waals surface area contributed by atoms with Crippen LogP contribution in [0.5, 0.6) is 0 Å². The molecule has 4 unspecified atom stereocenters. The van der Waals surface area contributed by atoms with Gasteiger partial charge in [0, 0.05) is 24.6 Å². The van der Waals surface area contributed by atoms with Crippen LogP contribution in [0.1, 0.15) is 125 Å². The first-order chi connectivity index (χ1) is 31.6. The van der Waals surface area contributed by atoms with Crippen LogP contribution in [0, 0.1) is 22.7 Å². The average molecular weight is 977 g/mol. The minimum absolute atomic E-state index is 0.000246. The van der Waals surface area contributed by atoms with Crippen molar-refractivity contribution in [2.24, 2.45) is 28.4 Å². The van der Waals surface area contributed by atoms with Crippen molar-refractivity contribution in [2.45, 2.75) is 145 Å². The van der Waals surface area contributed by atoms with E-state index in [1.165, 1.54) is 64.7 Å². The van der Waals surface area contributed by atoms with Crippen LogP contribution in [0.4, 0.5) is 8.78 Å². The lowest BCUT2D eigenvalue weighted by atomic mass is 9.93. The SMILES string of the molecule is CCCC[C@H](NC(=O)/C=C(\C)c1ccc(C(F)(F)P(=O)(OCOC(=O)C(C)(C)C)OCOC(=O)C(C)(C)C)cc1)C(=O)N1CC(C)C(C)C1C(=O)NC(CCC(N)=O)[C@@H](C)OCc1ccccc1. The van der Waals surface area contributed by atoms with Gasteiger partial charge < -0.3 is 35.5 Å². The zero-order valence-corrected chi connectivity index (χ0v) is 42.1. The normalized spacial score (nSPS) is 18.3. The lowest BCUT2D eigenvalue weighted by Gasteiger charge is -2.32. The molecule has 4 N–H and O–H groups in total. The molecule has 1 aliphatic rings. The number of ether oxygens (including phenoxy) is 3. The van der Waals surface area contributed by atoms with E-state index in [1.807, 2.05) is 51.1 Å². The quantitative estimate of drug-likeness (QED) is 0.0395. The summed E-state index contributed by atoms with van der Waals surface area (Å²) in [7, 11) is -5.57. The maximum atomic E-state index is 16.1. The summed E-state index contributed by atoms with van der Waals surface area (Å²) in [5.41, 5.74) is -0.194. The number of hydrogen-bond acceptors (Lipinski definition) is 12. The van der Waals surface area contributed by atoms with E-state index < -0.39 is 103 Å². The number of primary amides is 1. The molecule has 4 amide bonds. The van der Waals surface area contributed by atoms with E-state index >= 15 is 8.78 Å². The molecule has 2 aromatic carbocycles. The number of likely N-dealkylation sites (tertiary alicyclic amines) is 1. The van der Waals surface area contributed by atoms with Crippen molar-refractivity contribution >= 4 is 48.7 Å². The number of benzene rings is 2. The van der Waals surface area contributed by atoms with Gasteiger partial charge in [-0.15, -0.1) is 0 Å². The van der Waals surface area contributed by atoms with Gasteiger partial charge in [-0.1, -0.05) is 88.2 Å². The molecule has 1 aliphatic heterocycles. The number of carbonyl (C=O) groups excluding carboxylic acids is 6. The van der Waals surface area contributed by atoms with Gasteiger partial charge in [0.2, 0.25) is 37.2 Å². The predicted molar refractivity (Wildman–Crippen MR) is 251 cm³/mol. The molecule has 0 radical (unpaired) electrons. The van der Waals surface area contributed by atoms with Crippen LogP contribution in [0.3, 0.4) is 0 Å². The highest BCUT2D eigenvalue weighted by atomic mass is 31.2.